The number of halogens is 5. The van der Waals surface area contributed by atoms with E-state index in [1.807, 2.05) is 55.5 Å². The number of nitrogens with zero attached hydrogens (tertiary/aromatic N) is 3. The third-order valence-electron chi connectivity index (χ3n) is 4.66. The van der Waals surface area contributed by atoms with E-state index in [1.54, 1.807) is 0 Å². The largest absolute Gasteiger partial charge is 0.542 e. The Labute approximate surface area is 203 Å². The molecule has 0 spiro atoms. The van der Waals surface area contributed by atoms with Gasteiger partial charge in [-0.15, -0.1) is 0 Å². The Bertz CT molecular complexity index is 1060. The molecule has 3 aromatic rings. The zero-order chi connectivity index (χ0) is 25.3. The van der Waals surface area contributed by atoms with E-state index >= 15 is 0 Å². The molecule has 3 rings (SSSR count). The van der Waals surface area contributed by atoms with E-state index in [-0.39, 0.29) is 24.4 Å². The zero-order valence-electron chi connectivity index (χ0n) is 17.8. The fourth-order valence-corrected chi connectivity index (χ4v) is 3.28. The monoisotopic (exact) mass is 515 g/mol. The van der Waals surface area contributed by atoms with Crippen LogP contribution in [0.4, 0.5) is 13.2 Å². The predicted molar refractivity (Wildman–Crippen MR) is 118 cm³/mol. The van der Waals surface area contributed by atoms with Crippen molar-refractivity contribution in [2.24, 2.45) is 0 Å². The van der Waals surface area contributed by atoms with Crippen molar-refractivity contribution in [2.75, 3.05) is 0 Å². The Morgan fingerprint density at radius 2 is 1.59 bits per heavy atom. The number of carboxylic acids is 1. The van der Waals surface area contributed by atoms with Crippen LogP contribution < -0.4 is 10.4 Å². The number of alkyl halides is 3. The molecule has 0 radical (unpaired) electrons. The predicted octanol–water partition coefficient (Wildman–Crippen LogP) is 3.41. The van der Waals surface area contributed by atoms with E-state index < -0.39 is 12.1 Å². The van der Waals surface area contributed by atoms with E-state index in [4.69, 9.17) is 33.1 Å². The Kier molecular flexibility index (Phi) is 9.88. The lowest BCUT2D eigenvalue weighted by atomic mass is 9.86. The quantitative estimate of drug-likeness (QED) is 0.519. The average molecular weight is 516 g/mol. The number of benzene rings is 2. The number of carboxylic acid groups (broad SMARTS) is 1. The molecule has 1 N–H and O–H groups in total. The van der Waals surface area contributed by atoms with Gasteiger partial charge in [0, 0.05) is 22.0 Å². The molecule has 0 aliphatic carbocycles. The van der Waals surface area contributed by atoms with Crippen LogP contribution in [-0.4, -0.2) is 38.9 Å². The lowest BCUT2D eigenvalue weighted by molar-refractivity contribution is -0.344. The Morgan fingerprint density at radius 1 is 1.06 bits per heavy atom. The number of aliphatic carboxylic acids is 1. The highest BCUT2D eigenvalue weighted by Gasteiger charge is 2.28. The molecule has 0 saturated carbocycles. The summed E-state index contributed by atoms with van der Waals surface area (Å²) < 4.78 is 33.0. The average Bonchev–Trinajstić information content (AvgIpc) is 3.26. The lowest BCUT2D eigenvalue weighted by Crippen LogP contribution is -2.39. The van der Waals surface area contributed by atoms with Crippen LogP contribution in [0.3, 0.4) is 0 Å². The number of hydrogen-bond acceptors (Lipinski definition) is 5. The molecular formula is C22H20Cl2F3N4O3-. The highest BCUT2D eigenvalue weighted by Crippen LogP contribution is 2.26. The van der Waals surface area contributed by atoms with Gasteiger partial charge in [0.1, 0.15) is 25.2 Å². The van der Waals surface area contributed by atoms with Gasteiger partial charge in [0.05, 0.1) is 0 Å². The summed E-state index contributed by atoms with van der Waals surface area (Å²) in [7, 11) is 0. The van der Waals surface area contributed by atoms with Crippen LogP contribution >= 0.6 is 23.2 Å². The molecule has 1 amide bonds. The van der Waals surface area contributed by atoms with Gasteiger partial charge in [0.2, 0.25) is 5.91 Å². The first-order chi connectivity index (χ1) is 16.0. The summed E-state index contributed by atoms with van der Waals surface area (Å²) in [6, 6.07) is 15.4. The van der Waals surface area contributed by atoms with Crippen LogP contribution in [0.15, 0.2) is 61.2 Å². The number of nitrogens with one attached hydrogen (secondary N) is 1. The van der Waals surface area contributed by atoms with Gasteiger partial charge in [-0.3, -0.25) is 4.79 Å². The van der Waals surface area contributed by atoms with Crippen molar-refractivity contribution in [3.8, 4) is 0 Å². The summed E-state index contributed by atoms with van der Waals surface area (Å²) in [4.78, 5) is 25.0. The second kappa shape index (κ2) is 12.4. The normalized spacial score (nSPS) is 12.8. The van der Waals surface area contributed by atoms with E-state index in [1.165, 1.54) is 17.3 Å². The minimum absolute atomic E-state index is 0.0853. The number of hydrogen-bond donors (Lipinski definition) is 1. The van der Waals surface area contributed by atoms with E-state index in [0.717, 1.165) is 17.5 Å². The minimum Gasteiger partial charge on any atom is -0.542 e. The molecule has 1 heterocycles. The smallest absolute Gasteiger partial charge is 0.430 e. The second-order valence-corrected chi connectivity index (χ2v) is 8.10. The zero-order valence-corrected chi connectivity index (χ0v) is 19.3. The number of carbonyl (C=O) groups excluding carboxylic acids is 2. The van der Waals surface area contributed by atoms with Gasteiger partial charge in [0.25, 0.3) is 0 Å². The van der Waals surface area contributed by atoms with Gasteiger partial charge in [-0.05, 0) is 48.7 Å². The Morgan fingerprint density at radius 3 is 2.06 bits per heavy atom. The van der Waals surface area contributed by atoms with Gasteiger partial charge in [-0.1, -0.05) is 47.5 Å². The molecule has 0 bridgehead atoms. The van der Waals surface area contributed by atoms with Crippen molar-refractivity contribution < 1.29 is 27.9 Å². The summed E-state index contributed by atoms with van der Waals surface area (Å²) in [6.45, 7) is 2.15. The van der Waals surface area contributed by atoms with Crippen LogP contribution in [-0.2, 0) is 22.6 Å². The highest BCUT2D eigenvalue weighted by molar-refractivity contribution is 6.30. The van der Waals surface area contributed by atoms with Gasteiger partial charge >= 0.3 is 6.18 Å². The third-order valence-corrected chi connectivity index (χ3v) is 5.17. The Balaban J connectivity index is 0.000000509. The minimum atomic E-state index is -5.19. The second-order valence-electron chi connectivity index (χ2n) is 7.22. The molecule has 12 heteroatoms. The number of amides is 1. The molecule has 1 aromatic heterocycles. The Hall–Kier alpha value is -3.11. The van der Waals surface area contributed by atoms with E-state index in [2.05, 4.69) is 15.4 Å². The van der Waals surface area contributed by atoms with Gasteiger partial charge in [-0.25, -0.2) is 9.67 Å². The molecule has 2 atom stereocenters. The van der Waals surface area contributed by atoms with Crippen LogP contribution in [0.25, 0.3) is 0 Å². The summed E-state index contributed by atoms with van der Waals surface area (Å²) in [6.07, 6.45) is -1.49. The molecule has 0 aliphatic heterocycles. The summed E-state index contributed by atoms with van der Waals surface area (Å²) in [5, 5.41) is 17.2. The first kappa shape index (κ1) is 27.1. The summed E-state index contributed by atoms with van der Waals surface area (Å²) in [5.74, 6) is -3.03. The van der Waals surface area contributed by atoms with Crippen LogP contribution in [0, 0.1) is 0 Å². The fraction of sp³-hybridized carbons (Fsp3) is 0.273. The molecule has 0 aliphatic rings. The first-order valence-corrected chi connectivity index (χ1v) is 10.6. The van der Waals surface area contributed by atoms with E-state index in [0.29, 0.717) is 10.0 Å². The molecule has 34 heavy (non-hydrogen) atoms. The van der Waals surface area contributed by atoms with Crippen molar-refractivity contribution in [1.82, 2.24) is 20.1 Å². The fourth-order valence-electron chi connectivity index (χ4n) is 3.03. The summed E-state index contributed by atoms with van der Waals surface area (Å²) in [5.41, 5.74) is 2.26. The van der Waals surface area contributed by atoms with Gasteiger partial charge in [0.15, 0.2) is 0 Å². The topological polar surface area (TPSA) is 99.9 Å². The summed E-state index contributed by atoms with van der Waals surface area (Å²) >= 11 is 12.0. The standard InChI is InChI=1S/C20H20Cl2N4O.C2HF3O2/c1-14(25-20(27)11-26-13-23-12-24-26)19(16-4-8-18(22)9-5-16)10-15-2-6-17(21)7-3-15;3-2(4,5)1(6)7/h2-9,12-14,19H,10-11H2,1H3,(H,25,27);(H,6,7)/p-1/t14-,19+;/m1./s1. The molecule has 7 nitrogen and oxygen atoms in total. The maximum absolute atomic E-state index is 12.4. The number of rotatable bonds is 7. The van der Waals surface area contributed by atoms with Crippen molar-refractivity contribution >= 4 is 35.1 Å². The van der Waals surface area contributed by atoms with Crippen molar-refractivity contribution in [3.05, 3.63) is 82.4 Å². The highest BCUT2D eigenvalue weighted by atomic mass is 35.5. The molecule has 0 fully saturated rings. The maximum atomic E-state index is 12.4. The van der Waals surface area contributed by atoms with Crippen molar-refractivity contribution in [3.63, 3.8) is 0 Å². The lowest BCUT2D eigenvalue weighted by Gasteiger charge is -2.26. The van der Waals surface area contributed by atoms with Crippen LogP contribution in [0.5, 0.6) is 0 Å². The first-order valence-electron chi connectivity index (χ1n) is 9.85. The number of aromatic nitrogens is 3. The molecule has 0 saturated heterocycles. The molecular weight excluding hydrogens is 496 g/mol. The van der Waals surface area contributed by atoms with Gasteiger partial charge in [-0.2, -0.15) is 18.3 Å². The number of carbonyl (C=O) groups is 2. The van der Waals surface area contributed by atoms with Crippen LogP contribution in [0.2, 0.25) is 10.0 Å². The van der Waals surface area contributed by atoms with Crippen LogP contribution in [0.1, 0.15) is 24.0 Å². The van der Waals surface area contributed by atoms with E-state index in [9.17, 15) is 18.0 Å². The maximum Gasteiger partial charge on any atom is 0.430 e. The van der Waals surface area contributed by atoms with Crippen molar-refractivity contribution in [1.29, 1.82) is 0 Å². The molecule has 182 valence electrons. The molecule has 0 unspecified atom stereocenters. The van der Waals surface area contributed by atoms with Crippen molar-refractivity contribution in [2.45, 2.75) is 38.0 Å². The SMILES string of the molecule is C[C@@H](NC(=O)Cn1cncn1)[C@H](Cc1ccc(Cl)cc1)c1ccc(Cl)cc1.O=C([O-])C(F)(F)F. The third kappa shape index (κ3) is 9.03. The molecule has 2 aromatic carbocycles. The van der Waals surface area contributed by atoms with Gasteiger partial charge < -0.3 is 15.2 Å².